The number of Topliss-reactive ketones (excluding diaryl/α,β-unsaturated/α-hetero) is 1. The van der Waals surface area contributed by atoms with E-state index in [-0.39, 0.29) is 68.4 Å². The van der Waals surface area contributed by atoms with Gasteiger partial charge in [0.05, 0.1) is 11.2 Å². The van der Waals surface area contributed by atoms with E-state index in [1.54, 1.807) is 26.0 Å². The van der Waals surface area contributed by atoms with Crippen molar-refractivity contribution in [3.8, 4) is 57.3 Å². The second-order valence-corrected chi connectivity index (χ2v) is 19.1. The molecule has 1 fully saturated rings. The largest absolute Gasteiger partial charge is 0.508 e. The summed E-state index contributed by atoms with van der Waals surface area (Å²) in [5.74, 6) is -6.24. The predicted molar refractivity (Wildman–Crippen MR) is 254 cm³/mol. The summed E-state index contributed by atoms with van der Waals surface area (Å²) in [6.07, 6.45) is 13.1. The van der Waals surface area contributed by atoms with Gasteiger partial charge in [-0.3, -0.25) is 9.59 Å². The zero-order chi connectivity index (χ0) is 50.7. The van der Waals surface area contributed by atoms with Crippen LogP contribution in [0.2, 0.25) is 0 Å². The first-order chi connectivity index (χ1) is 32.3. The molecule has 4 unspecified atom stereocenters. The quantitative estimate of drug-likeness (QED) is 0.0418. The molecule has 3 aliphatic heterocycles. The summed E-state index contributed by atoms with van der Waals surface area (Å²) < 4.78 is 25.6. The predicted octanol–water partition coefficient (Wildman–Crippen LogP) is 9.50. The Morgan fingerprint density at radius 3 is 2.14 bits per heavy atom. The number of ether oxygens (including phenoxy) is 3. The molecule has 16 heteroatoms. The van der Waals surface area contributed by atoms with Crippen LogP contribution in [0.25, 0.3) is 28.4 Å². The number of hydrogen-bond donors (Lipinski definition) is 8. The van der Waals surface area contributed by atoms with Gasteiger partial charge in [-0.1, -0.05) is 35.5 Å². The van der Waals surface area contributed by atoms with E-state index in [0.717, 1.165) is 36.3 Å². The molecule has 0 bridgehead atoms. The third kappa shape index (κ3) is 8.47. The number of carbonyl (C=O) groups excluding carboxylic acids is 1. The van der Waals surface area contributed by atoms with Gasteiger partial charge in [-0.15, -0.1) is 0 Å². The van der Waals surface area contributed by atoms with Gasteiger partial charge in [0.15, 0.2) is 28.6 Å². The number of carboxylic acids is 2. The summed E-state index contributed by atoms with van der Waals surface area (Å²) in [5, 5.41) is 80.0. The van der Waals surface area contributed by atoms with E-state index in [1.165, 1.54) is 24.6 Å². The molecule has 1 aromatic heterocycles. The average molecular weight is 949 g/mol. The number of carbonyl (C=O) groups is 3. The minimum Gasteiger partial charge on any atom is -0.508 e. The maximum absolute atomic E-state index is 14.7. The fourth-order valence-corrected chi connectivity index (χ4v) is 9.80. The highest BCUT2D eigenvalue weighted by molar-refractivity contribution is 6.17. The Kier molecular flexibility index (Phi) is 12.8. The Labute approximate surface area is 397 Å². The molecule has 8 rings (SSSR count). The van der Waals surface area contributed by atoms with Crippen molar-refractivity contribution >= 4 is 34.8 Å². The first-order valence-corrected chi connectivity index (χ1v) is 22.4. The standard InChI is InChI=1S/C38H46O9.C15H10O7/c1-21(2)11-10-18-36(8)19-17-24-29(39)28-30(40)26-12-9-13-27-35(6,7)47-37(34(43)44,20-16-23(5)33(41)42)38(26,27)46-32(28)25(31(24)45-36)15-14-22(3)4;16-7-4-10(19)12-11(5-7)22-15(14(21)13(12)20)6-1-2-8(17)9(18)3-6/h11-12,14,16-17,19,27,39H,9-10,13,15,18,20H2,1-8H3,(H,41,42)(H,43,44);1-5,16-19,21H. The Hall–Kier alpha value is -7.46. The third-order valence-electron chi connectivity index (χ3n) is 13.2. The zero-order valence-corrected chi connectivity index (χ0v) is 39.5. The molecule has 8 N–H and O–H groups in total. The van der Waals surface area contributed by atoms with Crippen molar-refractivity contribution < 1.29 is 73.9 Å². The molecule has 4 atom stereocenters. The number of phenols is 5. The highest BCUT2D eigenvalue weighted by Crippen LogP contribution is 2.64. The summed E-state index contributed by atoms with van der Waals surface area (Å²) in [4.78, 5) is 52.2. The highest BCUT2D eigenvalue weighted by Gasteiger charge is 2.77. The number of phenolic OH excluding ortho intramolecular Hbond substituents is 5. The van der Waals surface area contributed by atoms with Gasteiger partial charge in [0, 0.05) is 46.7 Å². The maximum Gasteiger partial charge on any atom is 0.340 e. The van der Waals surface area contributed by atoms with Crippen LogP contribution < -0.4 is 14.9 Å². The topological polar surface area (TPSA) is 271 Å². The number of carboxylic acid groups (broad SMARTS) is 2. The van der Waals surface area contributed by atoms with Gasteiger partial charge in [0.1, 0.15) is 50.9 Å². The summed E-state index contributed by atoms with van der Waals surface area (Å²) in [6, 6.07) is 5.64. The molecule has 0 radical (unpaired) electrons. The number of ketones is 1. The molecular weight excluding hydrogens is 893 g/mol. The van der Waals surface area contributed by atoms with E-state index in [4.69, 9.17) is 18.6 Å². The summed E-state index contributed by atoms with van der Waals surface area (Å²) in [5.41, 5.74) is -3.56. The van der Waals surface area contributed by atoms with E-state index in [0.29, 0.717) is 42.6 Å². The first-order valence-electron chi connectivity index (χ1n) is 22.4. The number of fused-ring (bicyclic) bond motifs is 3. The lowest BCUT2D eigenvalue weighted by Crippen LogP contribution is -2.66. The van der Waals surface area contributed by atoms with Crippen LogP contribution in [0.5, 0.6) is 46.0 Å². The molecule has 1 aliphatic carbocycles. The number of aromatic hydroxyl groups is 6. The van der Waals surface area contributed by atoms with Crippen LogP contribution in [0.3, 0.4) is 0 Å². The van der Waals surface area contributed by atoms with Gasteiger partial charge >= 0.3 is 11.9 Å². The molecule has 4 aromatic rings. The monoisotopic (exact) mass is 948 g/mol. The molecule has 3 aromatic carbocycles. The van der Waals surface area contributed by atoms with E-state index < -0.39 is 68.7 Å². The van der Waals surface area contributed by atoms with E-state index in [2.05, 4.69) is 6.08 Å². The fourth-order valence-electron chi connectivity index (χ4n) is 9.80. The van der Waals surface area contributed by atoms with Gasteiger partial charge in [0.25, 0.3) is 0 Å². The van der Waals surface area contributed by atoms with Crippen LogP contribution in [-0.4, -0.2) is 81.0 Å². The number of rotatable bonds is 10. The maximum atomic E-state index is 14.7. The minimum atomic E-state index is -2.16. The van der Waals surface area contributed by atoms with Crippen molar-refractivity contribution in [2.24, 2.45) is 5.92 Å². The molecule has 4 aliphatic rings. The Morgan fingerprint density at radius 1 is 0.812 bits per heavy atom. The summed E-state index contributed by atoms with van der Waals surface area (Å²) >= 11 is 0. The number of benzene rings is 3. The van der Waals surface area contributed by atoms with Crippen molar-refractivity contribution in [3.05, 3.63) is 110 Å². The molecule has 0 amide bonds. The van der Waals surface area contributed by atoms with Crippen molar-refractivity contribution in [3.63, 3.8) is 0 Å². The second kappa shape index (κ2) is 17.9. The molecule has 1 saturated heterocycles. The molecular formula is C53H56O16. The zero-order valence-electron chi connectivity index (χ0n) is 39.5. The molecule has 1 spiro atoms. The SMILES string of the molecule is CC(C)=CCCC1(C)C=Cc2c(O)c3c(c(CC=C(C)C)c2O1)OC12C(=CCCC1C(C)(C)OC2(CC=C(C)C(=O)O)C(=O)O)C3=O.O=c1c(O)c(-c2ccc(O)c(O)c2)oc2cc(O)cc(O)c12. The van der Waals surface area contributed by atoms with Gasteiger partial charge in [-0.2, -0.15) is 0 Å². The summed E-state index contributed by atoms with van der Waals surface area (Å²) in [6.45, 7) is 14.9. The van der Waals surface area contributed by atoms with Crippen LogP contribution >= 0.6 is 0 Å². The molecule has 364 valence electrons. The van der Waals surface area contributed by atoms with E-state index in [9.17, 15) is 60.0 Å². The fraction of sp³-hybridized carbons (Fsp3) is 0.358. The van der Waals surface area contributed by atoms with Crippen molar-refractivity contribution in [2.45, 2.75) is 116 Å². The highest BCUT2D eigenvalue weighted by atomic mass is 16.6. The van der Waals surface area contributed by atoms with Gasteiger partial charge in [0.2, 0.25) is 16.8 Å². The second-order valence-electron chi connectivity index (χ2n) is 19.1. The average Bonchev–Trinajstić information content (AvgIpc) is 3.47. The van der Waals surface area contributed by atoms with Crippen molar-refractivity contribution in [1.29, 1.82) is 0 Å². The van der Waals surface area contributed by atoms with E-state index >= 15 is 0 Å². The third-order valence-corrected chi connectivity index (χ3v) is 13.2. The van der Waals surface area contributed by atoms with Crippen LogP contribution in [-0.2, 0) is 20.7 Å². The number of aliphatic carboxylic acids is 2. The lowest BCUT2D eigenvalue weighted by molar-refractivity contribution is -0.184. The Balaban J connectivity index is 0.000000265. The molecule has 16 nitrogen and oxygen atoms in total. The van der Waals surface area contributed by atoms with Gasteiger partial charge in [-0.05, 0) is 118 Å². The van der Waals surface area contributed by atoms with Crippen molar-refractivity contribution in [2.75, 3.05) is 0 Å². The smallest absolute Gasteiger partial charge is 0.340 e. The van der Waals surface area contributed by atoms with Gasteiger partial charge < -0.3 is 59.5 Å². The molecule has 69 heavy (non-hydrogen) atoms. The van der Waals surface area contributed by atoms with Gasteiger partial charge in [-0.25, -0.2) is 9.59 Å². The van der Waals surface area contributed by atoms with E-state index in [1.807, 2.05) is 46.8 Å². The number of allylic oxidation sites excluding steroid dienone is 5. The summed E-state index contributed by atoms with van der Waals surface area (Å²) in [7, 11) is 0. The van der Waals surface area contributed by atoms with Crippen LogP contribution in [0.15, 0.2) is 92.2 Å². The molecule has 0 saturated carbocycles. The first kappa shape index (κ1) is 49.4. The Morgan fingerprint density at radius 2 is 1.51 bits per heavy atom. The van der Waals surface area contributed by atoms with Crippen LogP contribution in [0.4, 0.5) is 0 Å². The number of hydrogen-bond acceptors (Lipinski definition) is 14. The van der Waals surface area contributed by atoms with Crippen LogP contribution in [0.1, 0.15) is 109 Å². The Bertz CT molecular complexity index is 3050. The van der Waals surface area contributed by atoms with Crippen LogP contribution in [0, 0.1) is 5.92 Å². The molecule has 4 heterocycles. The minimum absolute atomic E-state index is 0.0407. The normalized spacial score (nSPS) is 22.8. The lowest BCUT2D eigenvalue weighted by Gasteiger charge is -2.50. The van der Waals surface area contributed by atoms with Crippen molar-refractivity contribution in [1.82, 2.24) is 0 Å². The lowest BCUT2D eigenvalue weighted by atomic mass is 9.60.